The van der Waals surface area contributed by atoms with Crippen LogP contribution >= 0.6 is 11.8 Å². The molecule has 0 atom stereocenters. The molecule has 0 saturated carbocycles. The van der Waals surface area contributed by atoms with E-state index in [0.717, 1.165) is 23.1 Å². The predicted octanol–water partition coefficient (Wildman–Crippen LogP) is 3.45. The van der Waals surface area contributed by atoms with Crippen LogP contribution in [0, 0.1) is 13.8 Å². The number of esters is 1. The Labute approximate surface area is 165 Å². The molecule has 0 unspecified atom stereocenters. The van der Waals surface area contributed by atoms with Gasteiger partial charge in [-0.2, -0.15) is 0 Å². The van der Waals surface area contributed by atoms with Crippen molar-refractivity contribution in [1.82, 2.24) is 15.2 Å². The fourth-order valence-electron chi connectivity index (χ4n) is 2.75. The van der Waals surface area contributed by atoms with Crippen molar-refractivity contribution in [2.24, 2.45) is 0 Å². The molecule has 0 spiro atoms. The Kier molecular flexibility index (Phi) is 5.84. The van der Waals surface area contributed by atoms with E-state index in [1.807, 2.05) is 12.1 Å². The molecular formula is C19H19N3O5S. The van der Waals surface area contributed by atoms with Gasteiger partial charge in [-0.3, -0.25) is 4.79 Å². The summed E-state index contributed by atoms with van der Waals surface area (Å²) in [5, 5.41) is 8.26. The standard InChI is InChI=1S/C19H19N3O5S/c1-10-15(18(24)26-4)11(2)20-16(10)14(23)9-28-19-22-21-17(27-19)12-5-7-13(25-3)8-6-12/h5-8,20H,9H2,1-4H3. The number of ketones is 1. The molecule has 146 valence electrons. The number of ether oxygens (including phenoxy) is 2. The zero-order chi connectivity index (χ0) is 20.3. The first-order valence-corrected chi connectivity index (χ1v) is 9.34. The maximum Gasteiger partial charge on any atom is 0.339 e. The molecule has 0 radical (unpaired) electrons. The molecule has 0 bridgehead atoms. The number of benzene rings is 1. The molecule has 28 heavy (non-hydrogen) atoms. The van der Waals surface area contributed by atoms with Gasteiger partial charge in [0.2, 0.25) is 5.89 Å². The number of thioether (sulfide) groups is 1. The molecule has 0 aliphatic rings. The van der Waals surface area contributed by atoms with Gasteiger partial charge >= 0.3 is 5.97 Å². The number of nitrogens with zero attached hydrogens (tertiary/aromatic N) is 2. The van der Waals surface area contributed by atoms with Crippen LogP contribution in [0.2, 0.25) is 0 Å². The summed E-state index contributed by atoms with van der Waals surface area (Å²) in [6, 6.07) is 7.22. The van der Waals surface area contributed by atoms with Crippen LogP contribution in [0.25, 0.3) is 11.5 Å². The van der Waals surface area contributed by atoms with Crippen molar-refractivity contribution in [3.05, 3.63) is 46.8 Å². The summed E-state index contributed by atoms with van der Waals surface area (Å²) in [5.74, 6) is 0.527. The molecule has 2 heterocycles. The van der Waals surface area contributed by atoms with Crippen LogP contribution in [0.5, 0.6) is 5.75 Å². The number of Topliss-reactive ketones (excluding diaryl/α,β-unsaturated/α-hetero) is 1. The second-order valence-electron chi connectivity index (χ2n) is 5.93. The van der Waals surface area contributed by atoms with Crippen molar-refractivity contribution in [2.75, 3.05) is 20.0 Å². The second-order valence-corrected chi connectivity index (χ2v) is 6.86. The minimum absolute atomic E-state index is 0.0889. The van der Waals surface area contributed by atoms with E-state index in [2.05, 4.69) is 15.2 Å². The number of carbonyl (C=O) groups excluding carboxylic acids is 2. The summed E-state index contributed by atoms with van der Waals surface area (Å²) in [6.07, 6.45) is 0. The maximum atomic E-state index is 12.6. The Balaban J connectivity index is 1.69. The van der Waals surface area contributed by atoms with Gasteiger partial charge in [0.1, 0.15) is 5.75 Å². The minimum atomic E-state index is -0.473. The highest BCUT2D eigenvalue weighted by Crippen LogP contribution is 2.26. The van der Waals surface area contributed by atoms with Gasteiger partial charge in [0.25, 0.3) is 5.22 Å². The first kappa shape index (κ1) is 19.7. The van der Waals surface area contributed by atoms with E-state index in [9.17, 15) is 9.59 Å². The number of aromatic amines is 1. The molecule has 9 heteroatoms. The Morgan fingerprint density at radius 3 is 2.50 bits per heavy atom. The van der Waals surface area contributed by atoms with E-state index < -0.39 is 5.97 Å². The van der Waals surface area contributed by atoms with E-state index in [1.165, 1.54) is 7.11 Å². The van der Waals surface area contributed by atoms with Crippen molar-refractivity contribution in [3.8, 4) is 17.2 Å². The number of methoxy groups -OCH3 is 2. The first-order valence-electron chi connectivity index (χ1n) is 8.36. The Morgan fingerprint density at radius 1 is 1.14 bits per heavy atom. The second kappa shape index (κ2) is 8.30. The Bertz CT molecular complexity index is 1010. The number of carbonyl (C=O) groups is 2. The fourth-order valence-corrected chi connectivity index (χ4v) is 3.39. The van der Waals surface area contributed by atoms with Crippen LogP contribution < -0.4 is 4.74 Å². The van der Waals surface area contributed by atoms with E-state index in [0.29, 0.717) is 28.4 Å². The van der Waals surface area contributed by atoms with Gasteiger partial charge in [-0.05, 0) is 43.7 Å². The molecular weight excluding hydrogens is 382 g/mol. The Morgan fingerprint density at radius 2 is 1.86 bits per heavy atom. The molecule has 0 saturated heterocycles. The number of rotatable bonds is 7. The average molecular weight is 401 g/mol. The SMILES string of the molecule is COC(=O)c1c(C)[nH]c(C(=O)CSc2nnc(-c3ccc(OC)cc3)o2)c1C. The largest absolute Gasteiger partial charge is 0.497 e. The first-order chi connectivity index (χ1) is 13.4. The highest BCUT2D eigenvalue weighted by molar-refractivity contribution is 7.99. The average Bonchev–Trinajstić information content (AvgIpc) is 3.30. The normalized spacial score (nSPS) is 10.7. The number of hydrogen-bond donors (Lipinski definition) is 1. The molecule has 2 aromatic heterocycles. The van der Waals surface area contributed by atoms with Crippen LogP contribution in [-0.4, -0.2) is 46.9 Å². The molecule has 1 aromatic carbocycles. The lowest BCUT2D eigenvalue weighted by atomic mass is 10.1. The predicted molar refractivity (Wildman–Crippen MR) is 103 cm³/mol. The van der Waals surface area contributed by atoms with Gasteiger partial charge in [0.15, 0.2) is 5.78 Å². The van der Waals surface area contributed by atoms with Crippen molar-refractivity contribution >= 4 is 23.5 Å². The molecule has 0 aliphatic carbocycles. The number of aryl methyl sites for hydroxylation is 1. The lowest BCUT2D eigenvalue weighted by Crippen LogP contribution is -2.07. The number of nitrogens with one attached hydrogen (secondary N) is 1. The smallest absolute Gasteiger partial charge is 0.339 e. The molecule has 3 aromatic rings. The molecule has 3 rings (SSSR count). The maximum absolute atomic E-state index is 12.6. The quantitative estimate of drug-likeness (QED) is 0.364. The third-order valence-corrected chi connectivity index (χ3v) is 4.99. The van der Waals surface area contributed by atoms with E-state index >= 15 is 0 Å². The Hall–Kier alpha value is -3.07. The van der Waals surface area contributed by atoms with Crippen LogP contribution in [0.4, 0.5) is 0 Å². The summed E-state index contributed by atoms with van der Waals surface area (Å²) >= 11 is 1.13. The van der Waals surface area contributed by atoms with Crippen molar-refractivity contribution in [1.29, 1.82) is 0 Å². The molecule has 1 N–H and O–H groups in total. The third-order valence-electron chi connectivity index (χ3n) is 4.18. The zero-order valence-corrected chi connectivity index (χ0v) is 16.7. The summed E-state index contributed by atoms with van der Waals surface area (Å²) in [4.78, 5) is 27.4. The monoisotopic (exact) mass is 401 g/mol. The van der Waals surface area contributed by atoms with Crippen LogP contribution in [0.1, 0.15) is 32.1 Å². The number of aromatic nitrogens is 3. The van der Waals surface area contributed by atoms with Crippen LogP contribution in [0.3, 0.4) is 0 Å². The van der Waals surface area contributed by atoms with Gasteiger partial charge in [0, 0.05) is 11.3 Å². The summed E-state index contributed by atoms with van der Waals surface area (Å²) in [5.41, 5.74) is 2.68. The number of hydrogen-bond acceptors (Lipinski definition) is 8. The lowest BCUT2D eigenvalue weighted by molar-refractivity contribution is 0.0599. The van der Waals surface area contributed by atoms with E-state index in [4.69, 9.17) is 13.9 Å². The molecule has 0 aliphatic heterocycles. The zero-order valence-electron chi connectivity index (χ0n) is 15.9. The van der Waals surface area contributed by atoms with Crippen molar-refractivity contribution in [3.63, 3.8) is 0 Å². The van der Waals surface area contributed by atoms with Gasteiger partial charge < -0.3 is 18.9 Å². The number of H-pyrrole nitrogens is 1. The fraction of sp³-hybridized carbons (Fsp3) is 0.263. The van der Waals surface area contributed by atoms with Crippen molar-refractivity contribution < 1.29 is 23.5 Å². The highest BCUT2D eigenvalue weighted by atomic mass is 32.2. The summed E-state index contributed by atoms with van der Waals surface area (Å²) < 4.78 is 15.5. The summed E-state index contributed by atoms with van der Waals surface area (Å²) in [6.45, 7) is 3.43. The topological polar surface area (TPSA) is 107 Å². The summed E-state index contributed by atoms with van der Waals surface area (Å²) in [7, 11) is 2.90. The van der Waals surface area contributed by atoms with Gasteiger partial charge in [0.05, 0.1) is 31.2 Å². The molecule has 0 amide bonds. The van der Waals surface area contributed by atoms with Crippen LogP contribution in [0.15, 0.2) is 33.9 Å². The minimum Gasteiger partial charge on any atom is -0.497 e. The van der Waals surface area contributed by atoms with Gasteiger partial charge in [-0.25, -0.2) is 4.79 Å². The molecule has 8 nitrogen and oxygen atoms in total. The van der Waals surface area contributed by atoms with E-state index in [-0.39, 0.29) is 16.8 Å². The lowest BCUT2D eigenvalue weighted by Gasteiger charge is -2.00. The van der Waals surface area contributed by atoms with Crippen LogP contribution in [-0.2, 0) is 4.74 Å². The van der Waals surface area contributed by atoms with E-state index in [1.54, 1.807) is 33.1 Å². The van der Waals surface area contributed by atoms with Gasteiger partial charge in [-0.1, -0.05) is 11.8 Å². The molecule has 0 fully saturated rings. The highest BCUT2D eigenvalue weighted by Gasteiger charge is 2.23. The van der Waals surface area contributed by atoms with Crippen molar-refractivity contribution in [2.45, 2.75) is 19.1 Å². The third kappa shape index (κ3) is 3.94. The van der Waals surface area contributed by atoms with Gasteiger partial charge in [-0.15, -0.1) is 10.2 Å².